The third-order valence-electron chi connectivity index (χ3n) is 4.72. The molecule has 0 fully saturated rings. The molecular formula is C23H22O5. The number of aromatic hydroxyl groups is 1. The fourth-order valence-electron chi connectivity index (χ4n) is 2.94. The number of para-hydroxylation sites is 1. The van der Waals surface area contributed by atoms with Crippen LogP contribution >= 0.6 is 0 Å². The third kappa shape index (κ3) is 4.26. The van der Waals surface area contributed by atoms with Gasteiger partial charge in [-0.15, -0.1) is 0 Å². The summed E-state index contributed by atoms with van der Waals surface area (Å²) in [6, 6.07) is 21.3. The van der Waals surface area contributed by atoms with Crippen molar-refractivity contribution in [3.05, 3.63) is 89.5 Å². The minimum absolute atomic E-state index is 0.0923. The lowest BCUT2D eigenvalue weighted by Crippen LogP contribution is -2.18. The molecule has 5 heteroatoms. The Balaban J connectivity index is 1.65. The molecular weight excluding hydrogens is 356 g/mol. The monoisotopic (exact) mass is 378 g/mol. The van der Waals surface area contributed by atoms with Gasteiger partial charge in [-0.25, -0.2) is 4.79 Å². The van der Waals surface area contributed by atoms with Gasteiger partial charge in [0.1, 0.15) is 22.8 Å². The summed E-state index contributed by atoms with van der Waals surface area (Å²) >= 11 is 0. The van der Waals surface area contributed by atoms with Gasteiger partial charge in [-0.2, -0.15) is 0 Å². The molecule has 0 radical (unpaired) electrons. The van der Waals surface area contributed by atoms with Crippen LogP contribution in [0.1, 0.15) is 35.3 Å². The lowest BCUT2D eigenvalue weighted by molar-refractivity contribution is 0.0682. The van der Waals surface area contributed by atoms with Crippen LogP contribution in [-0.4, -0.2) is 23.0 Å². The van der Waals surface area contributed by atoms with Crippen LogP contribution in [0.3, 0.4) is 0 Å². The summed E-state index contributed by atoms with van der Waals surface area (Å²) in [7, 11) is 0. The molecule has 144 valence electrons. The first-order chi connectivity index (χ1) is 13.4. The van der Waals surface area contributed by atoms with E-state index in [2.05, 4.69) is 13.8 Å². The Kier molecular flexibility index (Phi) is 5.54. The first-order valence-electron chi connectivity index (χ1n) is 8.86. The fraction of sp³-hybridized carbons (Fsp3) is 0.174. The molecule has 0 unspecified atom stereocenters. The van der Waals surface area contributed by atoms with Crippen LogP contribution < -0.4 is 9.47 Å². The van der Waals surface area contributed by atoms with E-state index >= 15 is 0 Å². The molecule has 0 aliphatic heterocycles. The van der Waals surface area contributed by atoms with E-state index in [9.17, 15) is 9.90 Å². The van der Waals surface area contributed by atoms with Gasteiger partial charge in [0, 0.05) is 5.41 Å². The van der Waals surface area contributed by atoms with Crippen LogP contribution in [-0.2, 0) is 5.41 Å². The highest BCUT2D eigenvalue weighted by Crippen LogP contribution is 2.33. The summed E-state index contributed by atoms with van der Waals surface area (Å²) in [6.07, 6.45) is 0. The van der Waals surface area contributed by atoms with Crippen LogP contribution in [0.2, 0.25) is 0 Å². The Morgan fingerprint density at radius 3 is 2.04 bits per heavy atom. The van der Waals surface area contributed by atoms with E-state index in [0.717, 1.165) is 11.1 Å². The Labute approximate surface area is 163 Å². The summed E-state index contributed by atoms with van der Waals surface area (Å²) in [6.45, 7) is 4.13. The lowest BCUT2D eigenvalue weighted by Gasteiger charge is -2.26. The quantitative estimate of drug-likeness (QED) is 0.576. The van der Waals surface area contributed by atoms with E-state index in [-0.39, 0.29) is 29.3 Å². The summed E-state index contributed by atoms with van der Waals surface area (Å²) < 4.78 is 11.0. The highest BCUT2D eigenvalue weighted by molar-refractivity contribution is 5.90. The second-order valence-electron chi connectivity index (χ2n) is 6.90. The number of carbonyl (C=O) groups is 1. The first kappa shape index (κ1) is 19.3. The van der Waals surface area contributed by atoms with E-state index in [4.69, 9.17) is 14.6 Å². The standard InChI is InChI=1S/C23H22O5/c1-23(2,16-7-11-18(24)12-8-16)17-9-13-19(14-10-17)27-15-28-21-6-4-3-5-20(21)22(25)26/h3-14,24H,15H2,1-2H3,(H,25,26). The van der Waals surface area contributed by atoms with Crippen molar-refractivity contribution in [3.8, 4) is 17.2 Å². The van der Waals surface area contributed by atoms with Crippen LogP contribution in [0.4, 0.5) is 0 Å². The van der Waals surface area contributed by atoms with Crippen molar-refractivity contribution in [3.63, 3.8) is 0 Å². The smallest absolute Gasteiger partial charge is 0.339 e. The molecule has 3 rings (SSSR count). The minimum Gasteiger partial charge on any atom is -0.508 e. The first-order valence-corrected chi connectivity index (χ1v) is 8.86. The zero-order valence-corrected chi connectivity index (χ0v) is 15.8. The second-order valence-corrected chi connectivity index (χ2v) is 6.90. The molecule has 0 spiro atoms. The number of phenols is 1. The fourth-order valence-corrected chi connectivity index (χ4v) is 2.94. The number of hydrogen-bond donors (Lipinski definition) is 2. The average Bonchev–Trinajstić information content (AvgIpc) is 2.69. The number of hydrogen-bond acceptors (Lipinski definition) is 4. The van der Waals surface area contributed by atoms with Gasteiger partial charge < -0.3 is 19.7 Å². The molecule has 3 aromatic carbocycles. The van der Waals surface area contributed by atoms with Gasteiger partial charge in [0.15, 0.2) is 0 Å². The van der Waals surface area contributed by atoms with Gasteiger partial charge in [-0.05, 0) is 47.5 Å². The van der Waals surface area contributed by atoms with Crippen molar-refractivity contribution in [2.24, 2.45) is 0 Å². The summed E-state index contributed by atoms with van der Waals surface area (Å²) in [5, 5.41) is 18.6. The van der Waals surface area contributed by atoms with E-state index in [1.807, 2.05) is 36.4 Å². The average molecular weight is 378 g/mol. The number of carboxylic acid groups (broad SMARTS) is 1. The number of ether oxygens (including phenoxy) is 2. The van der Waals surface area contributed by atoms with Gasteiger partial charge in [0.25, 0.3) is 0 Å². The predicted octanol–water partition coefficient (Wildman–Crippen LogP) is 4.83. The number of benzene rings is 3. The Morgan fingerprint density at radius 1 is 0.857 bits per heavy atom. The SMILES string of the molecule is CC(C)(c1ccc(O)cc1)c1ccc(OCOc2ccccc2C(=O)O)cc1. The maximum absolute atomic E-state index is 11.2. The Hall–Kier alpha value is -3.47. The van der Waals surface area contributed by atoms with E-state index in [1.54, 1.807) is 30.3 Å². The highest BCUT2D eigenvalue weighted by Gasteiger charge is 2.23. The molecule has 5 nitrogen and oxygen atoms in total. The maximum atomic E-state index is 11.2. The van der Waals surface area contributed by atoms with Crippen molar-refractivity contribution >= 4 is 5.97 Å². The highest BCUT2D eigenvalue weighted by atomic mass is 16.7. The van der Waals surface area contributed by atoms with E-state index in [0.29, 0.717) is 5.75 Å². The number of phenolic OH excluding ortho intramolecular Hbond substituents is 1. The maximum Gasteiger partial charge on any atom is 0.339 e. The van der Waals surface area contributed by atoms with Gasteiger partial charge in [0.2, 0.25) is 6.79 Å². The zero-order valence-electron chi connectivity index (χ0n) is 15.8. The normalized spacial score (nSPS) is 11.1. The summed E-state index contributed by atoms with van der Waals surface area (Å²) in [4.78, 5) is 11.2. The molecule has 0 saturated heterocycles. The molecule has 0 atom stereocenters. The summed E-state index contributed by atoms with van der Waals surface area (Å²) in [5.74, 6) is 0.0855. The van der Waals surface area contributed by atoms with E-state index < -0.39 is 5.97 Å². The van der Waals surface area contributed by atoms with Crippen molar-refractivity contribution in [1.82, 2.24) is 0 Å². The van der Waals surface area contributed by atoms with Gasteiger partial charge in [-0.3, -0.25) is 0 Å². The minimum atomic E-state index is -1.04. The molecule has 0 bridgehead atoms. The van der Waals surface area contributed by atoms with Crippen LogP contribution in [0.15, 0.2) is 72.8 Å². The molecule has 0 amide bonds. The molecule has 0 aliphatic rings. The van der Waals surface area contributed by atoms with Crippen LogP contribution in [0.25, 0.3) is 0 Å². The van der Waals surface area contributed by atoms with Gasteiger partial charge in [-0.1, -0.05) is 50.2 Å². The molecule has 3 aromatic rings. The van der Waals surface area contributed by atoms with Crippen molar-refractivity contribution < 1.29 is 24.5 Å². The molecule has 0 saturated carbocycles. The van der Waals surface area contributed by atoms with Crippen LogP contribution in [0, 0.1) is 0 Å². The topological polar surface area (TPSA) is 76.0 Å². The van der Waals surface area contributed by atoms with Crippen molar-refractivity contribution in [1.29, 1.82) is 0 Å². The molecule has 28 heavy (non-hydrogen) atoms. The van der Waals surface area contributed by atoms with Crippen LogP contribution in [0.5, 0.6) is 17.2 Å². The zero-order chi connectivity index (χ0) is 20.1. The molecule has 0 heterocycles. The number of aromatic carboxylic acids is 1. The second kappa shape index (κ2) is 8.05. The summed E-state index contributed by atoms with van der Waals surface area (Å²) in [5.41, 5.74) is 2.05. The van der Waals surface area contributed by atoms with Gasteiger partial charge >= 0.3 is 5.97 Å². The Morgan fingerprint density at radius 2 is 1.43 bits per heavy atom. The molecule has 2 N–H and O–H groups in total. The lowest BCUT2D eigenvalue weighted by atomic mass is 9.78. The Bertz CT molecular complexity index is 943. The predicted molar refractivity (Wildman–Crippen MR) is 106 cm³/mol. The molecule has 0 aromatic heterocycles. The number of rotatable bonds is 7. The largest absolute Gasteiger partial charge is 0.508 e. The van der Waals surface area contributed by atoms with Crippen molar-refractivity contribution in [2.45, 2.75) is 19.3 Å². The number of carboxylic acids is 1. The van der Waals surface area contributed by atoms with E-state index in [1.165, 1.54) is 6.07 Å². The van der Waals surface area contributed by atoms with Gasteiger partial charge in [0.05, 0.1) is 0 Å². The van der Waals surface area contributed by atoms with Crippen molar-refractivity contribution in [2.75, 3.05) is 6.79 Å². The third-order valence-corrected chi connectivity index (χ3v) is 4.72. The molecule has 0 aliphatic carbocycles.